The van der Waals surface area contributed by atoms with Crippen LogP contribution in [-0.4, -0.2) is 109 Å². The summed E-state index contributed by atoms with van der Waals surface area (Å²) >= 11 is 0. The molecule has 0 bridgehead atoms. The highest BCUT2D eigenvalue weighted by Crippen LogP contribution is 3.06. The monoisotopic (exact) mass is 786 g/mol. The number of rotatable bonds is 32. The van der Waals surface area contributed by atoms with Gasteiger partial charge in [0, 0.05) is 12.0 Å². The quantitative estimate of drug-likeness (QED) is 0.0345. The average molecular weight is 786 g/mol. The van der Waals surface area contributed by atoms with Gasteiger partial charge in [0.2, 0.25) is 0 Å². The Balaban J connectivity index is 0.854. The van der Waals surface area contributed by atoms with Gasteiger partial charge in [-0.1, -0.05) is 139 Å². The van der Waals surface area contributed by atoms with Crippen LogP contribution in [0.2, 0.25) is 0 Å². The van der Waals surface area contributed by atoms with E-state index >= 15 is 0 Å². The van der Waals surface area contributed by atoms with Crippen molar-refractivity contribution in [3.8, 4) is 0 Å². The Hall–Kier alpha value is -0.210. The zero-order chi connectivity index (χ0) is 38.5. The first-order valence-corrected chi connectivity index (χ1v) is 25.1. The summed E-state index contributed by atoms with van der Waals surface area (Å²) in [5, 5.41) is 62.8. The largest absolute Gasteiger partial charge is 0.394 e. The fourth-order valence-corrected chi connectivity index (χ4v) is 14.6. The van der Waals surface area contributed by atoms with Crippen LogP contribution in [0.15, 0.2) is 0 Å². The summed E-state index contributed by atoms with van der Waals surface area (Å²) in [5.41, 5.74) is 0.863. The van der Waals surface area contributed by atoms with Crippen LogP contribution in [-0.2, 0) is 19.6 Å². The summed E-state index contributed by atoms with van der Waals surface area (Å²) in [6.45, 7) is 1.40. The van der Waals surface area contributed by atoms with Crippen LogP contribution in [0.5, 0.6) is 0 Å². The maximum absolute atomic E-state index is 13.8. The Labute approximate surface area is 327 Å². The maximum atomic E-state index is 13.8. The Morgan fingerprint density at radius 2 is 1.19 bits per heavy atom. The van der Waals surface area contributed by atoms with E-state index in [0.717, 1.165) is 43.9 Å². The molecule has 7 N–H and O–H groups in total. The molecule has 7 fully saturated rings. The molecule has 0 amide bonds. The predicted octanol–water partition coefficient (Wildman–Crippen LogP) is 5.01. The van der Waals surface area contributed by atoms with Crippen LogP contribution in [0, 0.1) is 46.8 Å². The van der Waals surface area contributed by atoms with E-state index in [0.29, 0.717) is 12.2 Å². The SMILES string of the molecule is CCCCCCCCCCCCCC[C@@H](O)[C@@H](O)[C@H](COC1OC(CO)C(O)C(O)C1O)N[SH](C)(=O)CCCCCCCCCCC12C3C4C5C3C1C5C42. The molecule has 0 aromatic carbocycles. The van der Waals surface area contributed by atoms with Crippen LogP contribution in [0.1, 0.15) is 148 Å². The predicted molar refractivity (Wildman–Crippen MR) is 213 cm³/mol. The number of ether oxygens (including phenoxy) is 2. The average Bonchev–Trinajstić information content (AvgIpc) is 3.17. The lowest BCUT2D eigenvalue weighted by atomic mass is 8.96. The lowest BCUT2D eigenvalue weighted by Crippen LogP contribution is -3.05. The van der Waals surface area contributed by atoms with E-state index in [2.05, 4.69) is 11.6 Å². The number of thiol groups is 1. The van der Waals surface area contributed by atoms with Gasteiger partial charge in [-0.25, -0.2) is 0 Å². The molecule has 11 heteroatoms. The number of aliphatic hydroxyl groups excluding tert-OH is 6. The molecule has 0 aromatic heterocycles. The van der Waals surface area contributed by atoms with Crippen molar-refractivity contribution in [3.05, 3.63) is 0 Å². The molecule has 1 saturated heterocycles. The normalized spacial score (nSPS) is 38.7. The fourth-order valence-electron chi connectivity index (χ4n) is 12.7. The van der Waals surface area contributed by atoms with Crippen molar-refractivity contribution >= 4 is 10.1 Å². The highest BCUT2D eigenvalue weighted by molar-refractivity contribution is 8.00. The molecule has 1 heterocycles. The Kier molecular flexibility index (Phi) is 15.8. The first-order valence-electron chi connectivity index (χ1n) is 22.7. The maximum Gasteiger partial charge on any atom is 0.186 e. The third-order valence-electron chi connectivity index (χ3n) is 15.5. The van der Waals surface area contributed by atoms with E-state index in [1.807, 2.05) is 0 Å². The van der Waals surface area contributed by atoms with E-state index in [1.165, 1.54) is 138 Å². The van der Waals surface area contributed by atoms with Crippen molar-refractivity contribution in [1.82, 2.24) is 4.72 Å². The topological polar surface area (TPSA) is 169 Å². The molecule has 6 aliphatic carbocycles. The van der Waals surface area contributed by atoms with E-state index in [1.54, 1.807) is 6.26 Å². The van der Waals surface area contributed by atoms with Gasteiger partial charge in [0.05, 0.1) is 31.5 Å². The van der Waals surface area contributed by atoms with E-state index in [9.17, 15) is 34.8 Å². The van der Waals surface area contributed by atoms with Gasteiger partial charge >= 0.3 is 0 Å². The summed E-state index contributed by atoms with van der Waals surface area (Å²) in [6.07, 6.45) is 17.9. The molecule has 0 aromatic rings. The van der Waals surface area contributed by atoms with Crippen LogP contribution >= 0.6 is 0 Å². The van der Waals surface area contributed by atoms with Gasteiger partial charge < -0.3 is 40.1 Å². The summed E-state index contributed by atoms with van der Waals surface area (Å²) in [5.74, 6) is 8.78. The van der Waals surface area contributed by atoms with Crippen LogP contribution in [0.4, 0.5) is 0 Å². The standard InChI is InChI=1S/C43H79NO9S/c1-3-4-5-6-7-8-9-10-11-14-17-20-23-29(46)38(47)28(27-52-42-41(50)40(49)39(48)30(26-45)53-42)44-54(2,51)25-22-19-16-13-12-15-18-21-24-43-35-32-31-33(35)37(43)34(31)36(32)43/h28-42,45-50,54H,3-27H2,1-2H3,(H,44,51)/t28-,29+,30?,31?,32?,33?,34?,35?,36?,37?,38-,39?,40?,41?,42?,43?/m0/s1. The Bertz CT molecular complexity index is 1140. The molecule has 8 atom stereocenters. The molecular weight excluding hydrogens is 707 g/mol. The van der Waals surface area contributed by atoms with Crippen molar-refractivity contribution in [3.63, 3.8) is 0 Å². The highest BCUT2D eigenvalue weighted by Gasteiger charge is 3.03. The number of hydrogen-bond acceptors (Lipinski definition) is 9. The Morgan fingerprint density at radius 1 is 0.685 bits per heavy atom. The summed E-state index contributed by atoms with van der Waals surface area (Å²) < 4.78 is 28.2. The minimum Gasteiger partial charge on any atom is -0.394 e. The van der Waals surface area contributed by atoms with Gasteiger partial charge in [0.25, 0.3) is 0 Å². The lowest BCUT2D eigenvalue weighted by molar-refractivity contribution is -0.616. The second-order valence-electron chi connectivity index (χ2n) is 18.9. The van der Waals surface area contributed by atoms with Crippen LogP contribution < -0.4 is 4.72 Å². The zero-order valence-electron chi connectivity index (χ0n) is 33.7. The Morgan fingerprint density at radius 3 is 1.72 bits per heavy atom. The molecule has 7 aliphatic rings. The van der Waals surface area contributed by atoms with Crippen LogP contribution in [0.25, 0.3) is 0 Å². The number of unbranched alkanes of at least 4 members (excludes halogenated alkanes) is 18. The molecule has 316 valence electrons. The molecular formula is C43H79NO9S. The van der Waals surface area contributed by atoms with Crippen molar-refractivity contribution < 1.29 is 44.3 Å². The molecule has 7 rings (SSSR count). The number of hydrogen-bond donors (Lipinski definition) is 8. The first kappa shape index (κ1) is 43.4. The number of aliphatic hydroxyl groups is 6. The molecule has 0 radical (unpaired) electrons. The molecule has 0 spiro atoms. The summed E-state index contributed by atoms with van der Waals surface area (Å²) in [7, 11) is -2.94. The molecule has 6 saturated carbocycles. The molecule has 5 unspecified atom stereocenters. The number of nitrogens with one attached hydrogen (secondary N) is 1. The minimum atomic E-state index is -2.94. The molecule has 1 aliphatic heterocycles. The first-order chi connectivity index (χ1) is 26.1. The summed E-state index contributed by atoms with van der Waals surface area (Å²) in [4.78, 5) is 0. The van der Waals surface area contributed by atoms with E-state index in [-0.39, 0.29) is 6.61 Å². The smallest absolute Gasteiger partial charge is 0.186 e. The van der Waals surface area contributed by atoms with E-state index < -0.39 is 65.7 Å². The van der Waals surface area contributed by atoms with Crippen LogP contribution in [0.3, 0.4) is 0 Å². The van der Waals surface area contributed by atoms with Crippen molar-refractivity contribution in [2.75, 3.05) is 25.2 Å². The van der Waals surface area contributed by atoms with Gasteiger partial charge in [-0.3, -0.25) is 8.93 Å². The van der Waals surface area contributed by atoms with Crippen molar-refractivity contribution in [2.24, 2.45) is 46.8 Å². The van der Waals surface area contributed by atoms with Gasteiger partial charge in [-0.15, -0.1) is 0 Å². The lowest BCUT2D eigenvalue weighted by Gasteiger charge is -3.08. The third kappa shape index (κ3) is 8.86. The van der Waals surface area contributed by atoms with Gasteiger partial charge in [-0.05, 0) is 66.1 Å². The second kappa shape index (κ2) is 19.7. The highest BCUT2D eigenvalue weighted by atomic mass is 32.3. The summed E-state index contributed by atoms with van der Waals surface area (Å²) in [6, 6.07) is -0.923. The van der Waals surface area contributed by atoms with Gasteiger partial charge in [0.1, 0.15) is 24.4 Å². The van der Waals surface area contributed by atoms with Gasteiger partial charge in [0.15, 0.2) is 6.29 Å². The zero-order valence-corrected chi connectivity index (χ0v) is 34.6. The third-order valence-corrected chi connectivity index (χ3v) is 17.6. The molecule has 10 nitrogen and oxygen atoms in total. The fraction of sp³-hybridized carbons (Fsp3) is 1.00. The molecule has 54 heavy (non-hydrogen) atoms. The van der Waals surface area contributed by atoms with Crippen molar-refractivity contribution in [1.29, 1.82) is 0 Å². The second-order valence-corrected chi connectivity index (χ2v) is 21.8. The van der Waals surface area contributed by atoms with E-state index in [4.69, 9.17) is 9.47 Å². The van der Waals surface area contributed by atoms with Gasteiger partial charge in [-0.2, -0.15) is 0 Å². The van der Waals surface area contributed by atoms with Crippen molar-refractivity contribution in [2.45, 2.75) is 197 Å². The minimum absolute atomic E-state index is 0.261.